The molecule has 1 atom stereocenters. The van der Waals surface area contributed by atoms with Gasteiger partial charge in [-0.3, -0.25) is 9.59 Å². The maximum Gasteiger partial charge on any atom is 0.257 e. The van der Waals surface area contributed by atoms with E-state index < -0.39 is 5.92 Å². The summed E-state index contributed by atoms with van der Waals surface area (Å²) >= 11 is 1.35. The van der Waals surface area contributed by atoms with Crippen molar-refractivity contribution in [3.8, 4) is 11.5 Å². The van der Waals surface area contributed by atoms with E-state index in [0.717, 1.165) is 11.3 Å². The Morgan fingerprint density at radius 2 is 1.84 bits per heavy atom. The van der Waals surface area contributed by atoms with Crippen LogP contribution in [0.4, 0.5) is 10.2 Å². The van der Waals surface area contributed by atoms with Gasteiger partial charge in [-0.1, -0.05) is 49.9 Å². The van der Waals surface area contributed by atoms with Gasteiger partial charge in [-0.05, 0) is 35.6 Å². The number of ether oxygens (including phenoxy) is 2. The molecule has 2 N–H and O–H groups in total. The van der Waals surface area contributed by atoms with Crippen molar-refractivity contribution in [2.24, 2.45) is 5.41 Å². The number of aromatic nitrogens is 2. The Morgan fingerprint density at radius 1 is 1.08 bits per heavy atom. The Labute approximate surface area is 218 Å². The average molecular weight is 522 g/mol. The lowest BCUT2D eigenvalue weighted by Crippen LogP contribution is -2.37. The van der Waals surface area contributed by atoms with Crippen LogP contribution in [-0.4, -0.2) is 30.0 Å². The first-order chi connectivity index (χ1) is 17.7. The minimum atomic E-state index is -0.660. The lowest BCUT2D eigenvalue weighted by atomic mass is 9.69. The fourth-order valence-electron chi connectivity index (χ4n) is 5.14. The average Bonchev–Trinajstić information content (AvgIpc) is 2.85. The van der Waals surface area contributed by atoms with Gasteiger partial charge in [-0.2, -0.15) is 0 Å². The van der Waals surface area contributed by atoms with E-state index in [9.17, 15) is 14.0 Å². The monoisotopic (exact) mass is 521 g/mol. The number of thioether (sulfide) groups is 1. The quantitative estimate of drug-likeness (QED) is 0.331. The number of hydrogen-bond donors (Lipinski definition) is 2. The molecule has 2 aliphatic rings. The van der Waals surface area contributed by atoms with Crippen LogP contribution in [0, 0.1) is 11.2 Å². The molecule has 1 aliphatic heterocycles. The molecular weight excluding hydrogens is 493 g/mol. The molecular formula is C28H28FN3O4S. The second-order valence-corrected chi connectivity index (χ2v) is 11.0. The minimum Gasteiger partial charge on any atom is -0.493 e. The maximum absolute atomic E-state index is 13.6. The highest BCUT2D eigenvalue weighted by atomic mass is 32.2. The van der Waals surface area contributed by atoms with Crippen molar-refractivity contribution in [1.82, 2.24) is 9.97 Å². The van der Waals surface area contributed by atoms with E-state index in [0.29, 0.717) is 57.8 Å². The Hall–Kier alpha value is -3.59. The van der Waals surface area contributed by atoms with Crippen LogP contribution >= 0.6 is 11.8 Å². The van der Waals surface area contributed by atoms with Gasteiger partial charge >= 0.3 is 0 Å². The smallest absolute Gasteiger partial charge is 0.257 e. The predicted octanol–water partition coefficient (Wildman–Crippen LogP) is 5.42. The number of allylic oxidation sites excluding steroid dienone is 2. The van der Waals surface area contributed by atoms with E-state index >= 15 is 0 Å². The van der Waals surface area contributed by atoms with Gasteiger partial charge < -0.3 is 19.8 Å². The van der Waals surface area contributed by atoms with Crippen LogP contribution in [0.25, 0.3) is 0 Å². The number of hydrogen-bond acceptors (Lipinski definition) is 7. The van der Waals surface area contributed by atoms with Gasteiger partial charge in [-0.15, -0.1) is 0 Å². The topological polar surface area (TPSA) is 93.3 Å². The van der Waals surface area contributed by atoms with E-state index in [-0.39, 0.29) is 22.6 Å². The highest BCUT2D eigenvalue weighted by Crippen LogP contribution is 2.50. The van der Waals surface area contributed by atoms with Crippen LogP contribution in [0.2, 0.25) is 0 Å². The van der Waals surface area contributed by atoms with Crippen molar-refractivity contribution in [3.05, 3.63) is 86.6 Å². The van der Waals surface area contributed by atoms with Gasteiger partial charge in [-0.25, -0.2) is 9.37 Å². The standard InChI is InChI=1S/C28H28FN3O4S/c1-28(2)12-18-22(19(33)13-28)21(17-6-5-7-20(35-3)24(17)36-4)23-25(30-18)31-27(32-26(23)34)37-14-15-8-10-16(29)11-9-15/h5-11,21H,12-14H2,1-4H3,(H2,30,31,32,34). The number of carbonyl (C=O) groups excluding carboxylic acids is 1. The summed E-state index contributed by atoms with van der Waals surface area (Å²) in [5.41, 5.74) is 2.72. The normalized spacial score (nSPS) is 18.1. The summed E-state index contributed by atoms with van der Waals surface area (Å²) < 4.78 is 24.5. The number of Topliss-reactive ketones (excluding diaryl/α,β-unsaturated/α-hetero) is 1. The molecule has 3 aromatic rings. The second-order valence-electron chi connectivity index (χ2n) is 10.0. The molecule has 0 spiro atoms. The van der Waals surface area contributed by atoms with E-state index in [1.165, 1.54) is 23.9 Å². The molecule has 0 bridgehead atoms. The predicted molar refractivity (Wildman–Crippen MR) is 141 cm³/mol. The summed E-state index contributed by atoms with van der Waals surface area (Å²) in [6.07, 6.45) is 1.02. The van der Waals surface area contributed by atoms with Crippen LogP contribution in [-0.2, 0) is 10.5 Å². The van der Waals surface area contributed by atoms with Gasteiger partial charge in [0.25, 0.3) is 5.56 Å². The summed E-state index contributed by atoms with van der Waals surface area (Å²) in [6.45, 7) is 4.12. The Kier molecular flexibility index (Phi) is 6.58. The zero-order valence-electron chi connectivity index (χ0n) is 21.1. The lowest BCUT2D eigenvalue weighted by Gasteiger charge is -2.38. The summed E-state index contributed by atoms with van der Waals surface area (Å²) in [5, 5.41) is 3.76. The number of aromatic amines is 1. The highest BCUT2D eigenvalue weighted by Gasteiger charge is 2.43. The Bertz CT molecular complexity index is 1460. The third-order valence-electron chi connectivity index (χ3n) is 6.73. The SMILES string of the molecule is COc1cccc(C2C3=C(CC(C)(C)CC3=O)Nc3nc(SCc4ccc(F)cc4)[nH]c(=O)c32)c1OC. The number of rotatable bonds is 6. The van der Waals surface area contributed by atoms with Crippen molar-refractivity contribution in [2.45, 2.75) is 43.5 Å². The van der Waals surface area contributed by atoms with Gasteiger partial charge in [0.05, 0.1) is 25.7 Å². The van der Waals surface area contributed by atoms with Crippen molar-refractivity contribution < 1.29 is 18.7 Å². The summed E-state index contributed by atoms with van der Waals surface area (Å²) in [7, 11) is 3.10. The molecule has 0 fully saturated rings. The van der Waals surface area contributed by atoms with Crippen molar-refractivity contribution in [3.63, 3.8) is 0 Å². The van der Waals surface area contributed by atoms with Gasteiger partial charge in [0.2, 0.25) is 0 Å². The molecule has 37 heavy (non-hydrogen) atoms. The van der Waals surface area contributed by atoms with Crippen LogP contribution < -0.4 is 20.3 Å². The van der Waals surface area contributed by atoms with E-state index in [1.807, 2.05) is 12.1 Å². The van der Waals surface area contributed by atoms with Crippen LogP contribution in [0.1, 0.15) is 49.3 Å². The number of benzene rings is 2. The van der Waals surface area contributed by atoms with Gasteiger partial charge in [0.1, 0.15) is 11.6 Å². The zero-order chi connectivity index (χ0) is 26.3. The number of nitrogens with one attached hydrogen (secondary N) is 2. The molecule has 2 heterocycles. The number of anilines is 1. The Morgan fingerprint density at radius 3 is 2.54 bits per heavy atom. The molecule has 9 heteroatoms. The molecule has 192 valence electrons. The molecule has 0 saturated carbocycles. The number of nitrogens with zero attached hydrogens (tertiary/aromatic N) is 1. The number of halogens is 1. The Balaban J connectivity index is 1.63. The molecule has 1 aliphatic carbocycles. The molecule has 7 nitrogen and oxygen atoms in total. The molecule has 1 unspecified atom stereocenters. The van der Waals surface area contributed by atoms with E-state index in [1.54, 1.807) is 32.4 Å². The second kappa shape index (κ2) is 9.70. The first-order valence-electron chi connectivity index (χ1n) is 12.0. The molecule has 5 rings (SSSR count). The number of fused-ring (bicyclic) bond motifs is 1. The fourth-order valence-corrected chi connectivity index (χ4v) is 5.96. The van der Waals surface area contributed by atoms with Crippen LogP contribution in [0.5, 0.6) is 11.5 Å². The minimum absolute atomic E-state index is 0.00608. The summed E-state index contributed by atoms with van der Waals surface area (Å²) in [6, 6.07) is 11.7. The van der Waals surface area contributed by atoms with Crippen LogP contribution in [0.15, 0.2) is 63.7 Å². The number of carbonyl (C=O) groups is 1. The highest BCUT2D eigenvalue weighted by molar-refractivity contribution is 7.98. The summed E-state index contributed by atoms with van der Waals surface area (Å²) in [5.74, 6) is 0.953. The third-order valence-corrected chi connectivity index (χ3v) is 7.68. The molecule has 0 saturated heterocycles. The number of para-hydroxylation sites is 1. The van der Waals surface area contributed by atoms with Crippen molar-refractivity contribution in [1.29, 1.82) is 0 Å². The molecule has 2 aromatic carbocycles. The van der Waals surface area contributed by atoms with Crippen LogP contribution in [0.3, 0.4) is 0 Å². The summed E-state index contributed by atoms with van der Waals surface area (Å²) in [4.78, 5) is 34.7. The lowest BCUT2D eigenvalue weighted by molar-refractivity contribution is -0.118. The number of methoxy groups -OCH3 is 2. The first kappa shape index (κ1) is 25.1. The van der Waals surface area contributed by atoms with Gasteiger partial charge in [0, 0.05) is 29.0 Å². The zero-order valence-corrected chi connectivity index (χ0v) is 21.9. The number of ketones is 1. The maximum atomic E-state index is 13.6. The van der Waals surface area contributed by atoms with E-state index in [2.05, 4.69) is 24.1 Å². The van der Waals surface area contributed by atoms with Crippen molar-refractivity contribution in [2.75, 3.05) is 19.5 Å². The molecule has 0 radical (unpaired) electrons. The molecule has 0 amide bonds. The van der Waals surface area contributed by atoms with E-state index in [4.69, 9.17) is 14.5 Å². The number of H-pyrrole nitrogens is 1. The third kappa shape index (κ3) is 4.75. The largest absolute Gasteiger partial charge is 0.493 e. The van der Waals surface area contributed by atoms with Crippen molar-refractivity contribution >= 4 is 23.4 Å². The van der Waals surface area contributed by atoms with Gasteiger partial charge in [0.15, 0.2) is 22.4 Å². The molecule has 1 aromatic heterocycles. The fraction of sp³-hybridized carbons (Fsp3) is 0.321. The first-order valence-corrected chi connectivity index (χ1v) is 12.9.